The van der Waals surface area contributed by atoms with Crippen LogP contribution in [0.25, 0.3) is 0 Å². The van der Waals surface area contributed by atoms with E-state index in [1.54, 1.807) is 11.3 Å². The fourth-order valence-corrected chi connectivity index (χ4v) is 1.97. The standard InChI is InChI=1S/C8H9N3S2/c1-6-2-9-8(12)11(6)3-7-4-13-5-10-7/h2,4-5H,3H2,1H3,(H,9,12). The predicted octanol–water partition coefficient (Wildman–Crippen LogP) is 2.36. The molecular weight excluding hydrogens is 202 g/mol. The van der Waals surface area contributed by atoms with E-state index in [0.717, 1.165) is 22.7 Å². The molecule has 2 heterocycles. The first-order valence-electron chi connectivity index (χ1n) is 3.89. The van der Waals surface area contributed by atoms with Gasteiger partial charge in [0.15, 0.2) is 4.77 Å². The van der Waals surface area contributed by atoms with E-state index in [2.05, 4.69) is 9.97 Å². The van der Waals surface area contributed by atoms with Crippen LogP contribution in [-0.2, 0) is 6.54 Å². The van der Waals surface area contributed by atoms with E-state index in [0.29, 0.717) is 0 Å². The number of rotatable bonds is 2. The third kappa shape index (κ3) is 1.71. The maximum Gasteiger partial charge on any atom is 0.177 e. The van der Waals surface area contributed by atoms with Crippen molar-refractivity contribution in [2.45, 2.75) is 13.5 Å². The van der Waals surface area contributed by atoms with Crippen molar-refractivity contribution in [3.63, 3.8) is 0 Å². The number of H-pyrrole nitrogens is 1. The maximum absolute atomic E-state index is 5.13. The number of hydrogen-bond donors (Lipinski definition) is 1. The molecule has 0 bridgehead atoms. The Morgan fingerprint density at radius 3 is 3.08 bits per heavy atom. The molecule has 0 unspecified atom stereocenters. The van der Waals surface area contributed by atoms with Gasteiger partial charge in [-0.2, -0.15) is 0 Å². The van der Waals surface area contributed by atoms with Crippen LogP contribution in [0.1, 0.15) is 11.4 Å². The summed E-state index contributed by atoms with van der Waals surface area (Å²) in [5.41, 5.74) is 4.03. The number of hydrogen-bond acceptors (Lipinski definition) is 3. The van der Waals surface area contributed by atoms with Gasteiger partial charge in [0.1, 0.15) is 0 Å². The lowest BCUT2D eigenvalue weighted by atomic mass is 10.4. The molecule has 0 fully saturated rings. The summed E-state index contributed by atoms with van der Waals surface area (Å²) in [5.74, 6) is 0. The minimum atomic E-state index is 0.755. The Balaban J connectivity index is 2.33. The van der Waals surface area contributed by atoms with Crippen molar-refractivity contribution in [1.82, 2.24) is 14.5 Å². The third-order valence-corrected chi connectivity index (χ3v) is 2.85. The molecule has 0 aliphatic rings. The molecule has 0 atom stereocenters. The molecule has 0 aliphatic heterocycles. The zero-order valence-electron chi connectivity index (χ0n) is 7.15. The molecule has 0 saturated carbocycles. The predicted molar refractivity (Wildman–Crippen MR) is 55.6 cm³/mol. The minimum Gasteiger partial charge on any atom is -0.337 e. The first kappa shape index (κ1) is 8.65. The summed E-state index contributed by atoms with van der Waals surface area (Å²) in [5, 5.41) is 2.04. The van der Waals surface area contributed by atoms with Gasteiger partial charge in [0.2, 0.25) is 0 Å². The van der Waals surface area contributed by atoms with Crippen molar-refractivity contribution in [3.05, 3.63) is 33.2 Å². The first-order chi connectivity index (χ1) is 6.27. The Bertz CT molecular complexity index is 438. The second-order valence-corrected chi connectivity index (χ2v) is 3.91. The molecule has 2 aromatic rings. The molecule has 0 saturated heterocycles. The van der Waals surface area contributed by atoms with E-state index in [-0.39, 0.29) is 0 Å². The van der Waals surface area contributed by atoms with Gasteiger partial charge in [-0.05, 0) is 19.1 Å². The molecule has 5 heteroatoms. The highest BCUT2D eigenvalue weighted by molar-refractivity contribution is 7.71. The molecule has 1 N–H and O–H groups in total. The monoisotopic (exact) mass is 211 g/mol. The smallest absolute Gasteiger partial charge is 0.177 e. The van der Waals surface area contributed by atoms with E-state index in [9.17, 15) is 0 Å². The first-order valence-corrected chi connectivity index (χ1v) is 5.24. The largest absolute Gasteiger partial charge is 0.337 e. The summed E-state index contributed by atoms with van der Waals surface area (Å²) >= 11 is 6.73. The number of nitrogens with one attached hydrogen (secondary N) is 1. The van der Waals surface area contributed by atoms with Gasteiger partial charge in [-0.1, -0.05) is 0 Å². The lowest BCUT2D eigenvalue weighted by Crippen LogP contribution is -2.01. The second-order valence-electron chi connectivity index (χ2n) is 2.80. The summed E-state index contributed by atoms with van der Waals surface area (Å²) < 4.78 is 2.79. The van der Waals surface area contributed by atoms with Crippen LogP contribution in [0.2, 0.25) is 0 Å². The number of nitrogens with zero attached hydrogens (tertiary/aromatic N) is 2. The molecule has 0 amide bonds. The number of imidazole rings is 1. The number of aromatic nitrogens is 3. The zero-order chi connectivity index (χ0) is 9.26. The van der Waals surface area contributed by atoms with Gasteiger partial charge in [-0.25, -0.2) is 4.98 Å². The maximum atomic E-state index is 5.13. The van der Waals surface area contributed by atoms with Crippen molar-refractivity contribution >= 4 is 23.6 Å². The van der Waals surface area contributed by atoms with Crippen LogP contribution in [0.4, 0.5) is 0 Å². The lowest BCUT2D eigenvalue weighted by molar-refractivity contribution is 0.743. The Kier molecular flexibility index (Phi) is 2.28. The summed E-state index contributed by atoms with van der Waals surface area (Å²) in [6.45, 7) is 2.79. The quantitative estimate of drug-likeness (QED) is 0.774. The van der Waals surface area contributed by atoms with Crippen LogP contribution < -0.4 is 0 Å². The zero-order valence-corrected chi connectivity index (χ0v) is 8.78. The van der Waals surface area contributed by atoms with Crippen LogP contribution in [0.5, 0.6) is 0 Å². The molecule has 2 aromatic heterocycles. The summed E-state index contributed by atoms with van der Waals surface area (Å²) in [6, 6.07) is 0. The van der Waals surface area contributed by atoms with Crippen molar-refractivity contribution in [3.8, 4) is 0 Å². The van der Waals surface area contributed by atoms with Crippen molar-refractivity contribution in [2.75, 3.05) is 0 Å². The number of aryl methyl sites for hydroxylation is 1. The molecule has 0 aliphatic carbocycles. The number of thiazole rings is 1. The summed E-state index contributed by atoms with van der Waals surface area (Å²) in [7, 11) is 0. The van der Waals surface area contributed by atoms with Crippen LogP contribution in [0, 0.1) is 11.7 Å². The molecule has 0 radical (unpaired) electrons. The average molecular weight is 211 g/mol. The van der Waals surface area contributed by atoms with Crippen molar-refractivity contribution < 1.29 is 0 Å². The summed E-state index contributed by atoms with van der Waals surface area (Å²) in [4.78, 5) is 7.21. The molecule has 13 heavy (non-hydrogen) atoms. The Morgan fingerprint density at radius 1 is 1.69 bits per heavy atom. The van der Waals surface area contributed by atoms with E-state index < -0.39 is 0 Å². The Hall–Kier alpha value is -0.940. The summed E-state index contributed by atoms with van der Waals surface area (Å²) in [6.07, 6.45) is 1.91. The van der Waals surface area contributed by atoms with Gasteiger partial charge in [0.05, 0.1) is 17.7 Å². The molecular formula is C8H9N3S2. The van der Waals surface area contributed by atoms with Crippen LogP contribution in [-0.4, -0.2) is 14.5 Å². The normalized spacial score (nSPS) is 10.5. The molecule has 0 aromatic carbocycles. The van der Waals surface area contributed by atoms with Crippen LogP contribution >= 0.6 is 23.6 Å². The SMILES string of the molecule is Cc1c[nH]c(=S)n1Cc1cscn1. The Morgan fingerprint density at radius 2 is 2.54 bits per heavy atom. The van der Waals surface area contributed by atoms with Crippen molar-refractivity contribution in [2.24, 2.45) is 0 Å². The highest BCUT2D eigenvalue weighted by atomic mass is 32.1. The topological polar surface area (TPSA) is 33.6 Å². The van der Waals surface area contributed by atoms with Gasteiger partial charge in [0, 0.05) is 17.3 Å². The van der Waals surface area contributed by atoms with E-state index in [1.165, 1.54) is 0 Å². The highest BCUT2D eigenvalue weighted by Crippen LogP contribution is 2.06. The number of aromatic amines is 1. The van der Waals surface area contributed by atoms with Gasteiger partial charge in [-0.15, -0.1) is 11.3 Å². The molecule has 68 valence electrons. The van der Waals surface area contributed by atoms with Crippen molar-refractivity contribution in [1.29, 1.82) is 0 Å². The fraction of sp³-hybridized carbons (Fsp3) is 0.250. The third-order valence-electron chi connectivity index (χ3n) is 1.88. The van der Waals surface area contributed by atoms with Gasteiger partial charge in [0.25, 0.3) is 0 Å². The molecule has 3 nitrogen and oxygen atoms in total. The second kappa shape index (κ2) is 3.43. The molecule has 0 spiro atoms. The Labute approximate surface area is 85.1 Å². The van der Waals surface area contributed by atoms with E-state index >= 15 is 0 Å². The van der Waals surface area contributed by atoms with Gasteiger partial charge < -0.3 is 9.55 Å². The highest BCUT2D eigenvalue weighted by Gasteiger charge is 2.01. The van der Waals surface area contributed by atoms with Gasteiger partial charge >= 0.3 is 0 Å². The van der Waals surface area contributed by atoms with Crippen LogP contribution in [0.3, 0.4) is 0 Å². The van der Waals surface area contributed by atoms with E-state index in [4.69, 9.17) is 12.2 Å². The van der Waals surface area contributed by atoms with Gasteiger partial charge in [-0.3, -0.25) is 0 Å². The molecule has 2 rings (SSSR count). The van der Waals surface area contributed by atoms with Crippen LogP contribution in [0.15, 0.2) is 17.1 Å². The minimum absolute atomic E-state index is 0.755. The van der Waals surface area contributed by atoms with E-state index in [1.807, 2.05) is 28.6 Å². The average Bonchev–Trinajstić information content (AvgIpc) is 2.70. The lowest BCUT2D eigenvalue weighted by Gasteiger charge is -2.01. The fourth-order valence-electron chi connectivity index (χ4n) is 1.16.